The molecule has 6 aromatic rings. The number of carbonyl (C=O) groups excluding carboxylic acids is 1. The number of rotatable bonds is 9. The van der Waals surface area contributed by atoms with E-state index in [-0.39, 0.29) is 48.9 Å². The molecule has 1 N–H and O–H groups in total. The largest absolute Gasteiger partial charge is 0.512 e. The van der Waals surface area contributed by atoms with Crippen LogP contribution in [0.2, 0.25) is 0 Å². The number of ketones is 1. The minimum absolute atomic E-state index is 0. The molecule has 47 heavy (non-hydrogen) atoms. The van der Waals surface area contributed by atoms with Gasteiger partial charge in [-0.3, -0.25) is 9.78 Å². The van der Waals surface area contributed by atoms with Crippen LogP contribution in [-0.2, 0) is 31.3 Å². The van der Waals surface area contributed by atoms with E-state index >= 15 is 0 Å². The molecule has 0 fully saturated rings. The number of hydrogen-bond donors (Lipinski definition) is 1. The summed E-state index contributed by atoms with van der Waals surface area (Å²) in [6.45, 7) is 14.8. The zero-order valence-corrected chi connectivity index (χ0v) is 31.6. The molecule has 0 saturated heterocycles. The van der Waals surface area contributed by atoms with Gasteiger partial charge in [0.25, 0.3) is 0 Å². The Balaban J connectivity index is 0.000000279. The van der Waals surface area contributed by atoms with Crippen LogP contribution in [-0.4, -0.2) is 20.9 Å². The van der Waals surface area contributed by atoms with Gasteiger partial charge in [-0.2, -0.15) is 0 Å². The molecule has 3 heterocycles. The minimum atomic E-state index is 0. The number of furan rings is 1. The molecule has 0 amide bonds. The van der Waals surface area contributed by atoms with Crippen LogP contribution in [0.3, 0.4) is 0 Å². The van der Waals surface area contributed by atoms with Crippen molar-refractivity contribution >= 4 is 59.4 Å². The van der Waals surface area contributed by atoms with Crippen molar-refractivity contribution in [2.75, 3.05) is 0 Å². The van der Waals surface area contributed by atoms with Gasteiger partial charge in [0.05, 0.1) is 15.2 Å². The zero-order chi connectivity index (χ0) is 33.9. The Hall–Kier alpha value is -3.38. The molecule has 6 rings (SSSR count). The van der Waals surface area contributed by atoms with Gasteiger partial charge < -0.3 is 9.52 Å². The number of aliphatic hydroxyl groups is 1. The van der Waals surface area contributed by atoms with Gasteiger partial charge in [-0.05, 0) is 55.2 Å². The normalized spacial score (nSPS) is 12.5. The van der Waals surface area contributed by atoms with Crippen LogP contribution in [0.15, 0.2) is 77.2 Å². The molecule has 1 radical (unpaired) electrons. The van der Waals surface area contributed by atoms with Crippen LogP contribution in [0.1, 0.15) is 81.1 Å². The van der Waals surface area contributed by atoms with E-state index in [4.69, 9.17) is 5.79 Å². The molecule has 0 spiro atoms. The number of hydrogen-bond acceptors (Lipinski definition) is 6. The molecule has 7 heteroatoms. The van der Waals surface area contributed by atoms with E-state index in [9.17, 15) is 9.90 Å². The first-order valence-electron chi connectivity index (χ1n) is 16.9. The van der Waals surface area contributed by atoms with Gasteiger partial charge in [0.15, 0.2) is 11.4 Å². The van der Waals surface area contributed by atoms with E-state index < -0.39 is 0 Å². The summed E-state index contributed by atoms with van der Waals surface area (Å²) < 4.78 is 16.8. The second-order valence-electron chi connectivity index (χ2n) is 13.2. The van der Waals surface area contributed by atoms with Gasteiger partial charge >= 0.3 is 0 Å². The molecule has 0 atom stereocenters. The zero-order valence-electron chi connectivity index (χ0n) is 29.4. The van der Waals surface area contributed by atoms with Gasteiger partial charge in [0.2, 0.25) is 0 Å². The van der Waals surface area contributed by atoms with Crippen molar-refractivity contribution in [3.8, 4) is 11.3 Å². The first kappa shape index (κ1) is 34.9. The van der Waals surface area contributed by atoms with Crippen molar-refractivity contribution in [1.82, 2.24) is 9.97 Å². The van der Waals surface area contributed by atoms with Crippen LogP contribution in [0, 0.1) is 23.3 Å². The van der Waals surface area contributed by atoms with Crippen molar-refractivity contribution in [3.05, 3.63) is 84.4 Å². The molecular formula is C40H45IrN2O3S-. The van der Waals surface area contributed by atoms with Gasteiger partial charge in [-0.1, -0.05) is 83.7 Å². The summed E-state index contributed by atoms with van der Waals surface area (Å²) in [6, 6.07) is 20.1. The fourth-order valence-electron chi connectivity index (χ4n) is 5.98. The average molecular weight is 827 g/mol. The number of aromatic nitrogens is 2. The van der Waals surface area contributed by atoms with E-state index in [0.717, 1.165) is 85.6 Å². The Morgan fingerprint density at radius 2 is 1.70 bits per heavy atom. The van der Waals surface area contributed by atoms with E-state index in [2.05, 4.69) is 55.0 Å². The third-order valence-corrected chi connectivity index (χ3v) is 9.77. The van der Waals surface area contributed by atoms with Crippen molar-refractivity contribution in [1.29, 1.82) is 0 Å². The van der Waals surface area contributed by atoms with Crippen LogP contribution in [0.25, 0.3) is 53.5 Å². The fourth-order valence-corrected chi connectivity index (χ4v) is 7.19. The number of thiophene rings is 1. The predicted octanol–water partition coefficient (Wildman–Crippen LogP) is 11.7. The number of nitrogens with zero attached hydrogens (tertiary/aromatic N) is 2. The summed E-state index contributed by atoms with van der Waals surface area (Å²) in [6.07, 6.45) is 7.49. The Morgan fingerprint density at radius 3 is 2.38 bits per heavy atom. The van der Waals surface area contributed by atoms with Crippen molar-refractivity contribution in [3.63, 3.8) is 0 Å². The summed E-state index contributed by atoms with van der Waals surface area (Å²) >= 11 is 1.66. The van der Waals surface area contributed by atoms with E-state index in [1.54, 1.807) is 17.7 Å². The number of allylic oxidation sites excluding steroid dienone is 2. The predicted molar refractivity (Wildman–Crippen MR) is 193 cm³/mol. The third-order valence-electron chi connectivity index (χ3n) is 8.57. The van der Waals surface area contributed by atoms with Crippen molar-refractivity contribution in [2.24, 2.45) is 17.3 Å². The van der Waals surface area contributed by atoms with Gasteiger partial charge in [0, 0.05) is 50.5 Å². The minimum Gasteiger partial charge on any atom is -0.512 e. The quantitative estimate of drug-likeness (QED) is 0.0892. The molecule has 0 bridgehead atoms. The van der Waals surface area contributed by atoms with Crippen LogP contribution >= 0.6 is 11.3 Å². The third kappa shape index (κ3) is 8.20. The van der Waals surface area contributed by atoms with Crippen molar-refractivity contribution < 1.29 is 35.8 Å². The summed E-state index contributed by atoms with van der Waals surface area (Å²) in [5, 5.41) is 12.7. The fraction of sp³-hybridized carbons (Fsp3) is 0.375. The van der Waals surface area contributed by atoms with Crippen LogP contribution < -0.4 is 0 Å². The summed E-state index contributed by atoms with van der Waals surface area (Å²) in [7, 11) is 0. The second kappa shape index (κ2) is 15.7. The molecule has 5 nitrogen and oxygen atoms in total. The maximum absolute atomic E-state index is 11.7. The SMILES string of the molecule is CCC(CC)C(=O)/C=C(\O)C(CC)CC.[2H]c1cc(-c2ncnc3c2sc2c4cc(CC(C)(C)C)ccc4oc32)[c-]c2ccccc12.[Ir]. The molecule has 0 aliphatic heterocycles. The van der Waals surface area contributed by atoms with Crippen LogP contribution in [0.5, 0.6) is 0 Å². The van der Waals surface area contributed by atoms with E-state index in [1.807, 2.05) is 58.0 Å². The molecule has 0 saturated carbocycles. The first-order chi connectivity index (χ1) is 22.5. The monoisotopic (exact) mass is 827 g/mol. The average Bonchev–Trinajstić information content (AvgIpc) is 3.58. The van der Waals surface area contributed by atoms with E-state index in [1.165, 1.54) is 11.6 Å². The Morgan fingerprint density at radius 1 is 1.00 bits per heavy atom. The van der Waals surface area contributed by atoms with Gasteiger partial charge in [-0.15, -0.1) is 41.0 Å². The molecule has 0 aliphatic rings. The number of aliphatic hydroxyl groups excluding tert-OH is 1. The number of fused-ring (bicyclic) bond motifs is 6. The first-order valence-corrected chi connectivity index (χ1v) is 17.2. The maximum atomic E-state index is 11.7. The molecular weight excluding hydrogens is 781 g/mol. The molecule has 0 aliphatic carbocycles. The second-order valence-corrected chi connectivity index (χ2v) is 14.2. The maximum Gasteiger partial charge on any atom is 0.171 e. The molecule has 249 valence electrons. The van der Waals surface area contributed by atoms with E-state index in [0.29, 0.717) is 6.04 Å². The number of benzene rings is 3. The summed E-state index contributed by atoms with van der Waals surface area (Å²) in [5.41, 5.74) is 5.64. The Bertz CT molecular complexity index is 2070. The number of carbonyl (C=O) groups is 1. The Kier molecular flexibility index (Phi) is 11.7. The molecule has 3 aromatic heterocycles. The Labute approximate surface area is 297 Å². The smallest absolute Gasteiger partial charge is 0.171 e. The van der Waals surface area contributed by atoms with Gasteiger partial charge in [-0.25, -0.2) is 4.98 Å². The van der Waals surface area contributed by atoms with Crippen molar-refractivity contribution in [2.45, 2.75) is 80.6 Å². The molecule has 0 unspecified atom stereocenters. The summed E-state index contributed by atoms with van der Waals surface area (Å²) in [4.78, 5) is 20.9. The summed E-state index contributed by atoms with van der Waals surface area (Å²) in [5.74, 6) is 0.547. The van der Waals surface area contributed by atoms with Gasteiger partial charge in [0.1, 0.15) is 17.4 Å². The molecule has 3 aromatic carbocycles. The standard InChI is InChI=1S/C27H21N2OS.C13H24O2.Ir/c1-27(2,3)14-16-8-11-21-20(12-16)25-24(30-21)23-26(31-25)22(28-15-29-23)19-10-9-17-6-4-5-7-18(17)13-19;1-5-10(6-2)12(14)9-13(15)11(7-3)8-4;/h4-12,15H,14H2,1-3H3;9-11,14H,5-8H2,1-4H3;/q-1;;/b;12-9-;/i9D;;. The topological polar surface area (TPSA) is 76.2 Å². The van der Waals surface area contributed by atoms with Crippen LogP contribution in [0.4, 0.5) is 0 Å².